The molecule has 21 nitrogen and oxygen atoms in total. The molecule has 3 aliphatic heterocycles. The molecule has 3 atom stereocenters. The van der Waals surface area contributed by atoms with Crippen LogP contribution in [-0.2, 0) is 35.4 Å². The molecule has 124 heavy (non-hydrogen) atoms. The lowest BCUT2D eigenvalue weighted by molar-refractivity contribution is -0.152. The van der Waals surface area contributed by atoms with Crippen LogP contribution in [0.1, 0.15) is 277 Å². The number of carboxylic acids is 3. The molecule has 5 fully saturated rings. The number of amides is 3. The monoisotopic (exact) mass is 1770 g/mol. The minimum Gasteiger partial charge on any atom is -0.481 e. The first-order valence-corrected chi connectivity index (χ1v) is 44.6. The first-order chi connectivity index (χ1) is 57.8. The number of carboxylic acid groups (broad SMARTS) is 3. The lowest BCUT2D eigenvalue weighted by Gasteiger charge is -2.46. The zero-order valence-electron chi connectivity index (χ0n) is 73.5. The molecule has 5 aliphatic rings. The van der Waals surface area contributed by atoms with Crippen molar-refractivity contribution in [2.24, 2.45) is 34.5 Å². The molecule has 2 saturated carbocycles. The fourth-order valence-electron chi connectivity index (χ4n) is 18.6. The molecular weight excluding hydrogens is 1660 g/mol. The maximum Gasteiger partial charge on any atom is 0.355 e. The third-order valence-electron chi connectivity index (χ3n) is 26.2. The fourth-order valence-corrected chi connectivity index (χ4v) is 19.9. The first kappa shape index (κ1) is 91.9. The zero-order chi connectivity index (χ0) is 90.4. The summed E-state index contributed by atoms with van der Waals surface area (Å²) < 4.78 is 47.1. The summed E-state index contributed by atoms with van der Waals surface area (Å²) in [5.74, 6) is -3.84. The number of carbonyl (C=O) groups is 8. The molecule has 7 aromatic heterocycles. The van der Waals surface area contributed by atoms with Gasteiger partial charge in [0.1, 0.15) is 39.8 Å². The van der Waals surface area contributed by atoms with Gasteiger partial charge in [0.15, 0.2) is 39.7 Å². The van der Waals surface area contributed by atoms with Gasteiger partial charge >= 0.3 is 17.9 Å². The van der Waals surface area contributed by atoms with E-state index in [1.807, 2.05) is 130 Å². The van der Waals surface area contributed by atoms with Crippen LogP contribution < -0.4 is 0 Å². The van der Waals surface area contributed by atoms with E-state index in [2.05, 4.69) is 25.8 Å². The molecule has 3 N–H and O–H groups in total. The quantitative estimate of drug-likeness (QED) is 0.0911. The highest BCUT2D eigenvalue weighted by Gasteiger charge is 2.49. The van der Waals surface area contributed by atoms with Gasteiger partial charge < -0.3 is 43.3 Å². The average Bonchev–Trinajstić information content (AvgIpc) is 1.37. The van der Waals surface area contributed by atoms with Crippen molar-refractivity contribution in [1.82, 2.24) is 34.6 Å². The molecule has 658 valence electrons. The van der Waals surface area contributed by atoms with Crippen molar-refractivity contribution in [3.63, 3.8) is 0 Å². The van der Waals surface area contributed by atoms with Crippen LogP contribution in [0.5, 0.6) is 0 Å². The summed E-state index contributed by atoms with van der Waals surface area (Å²) in [5, 5.41) is 31.4. The lowest BCUT2D eigenvalue weighted by Crippen LogP contribution is -2.54. The molecule has 3 aromatic carbocycles. The number of aliphatic carboxylic acids is 2. The maximum absolute atomic E-state index is 14.3. The highest BCUT2D eigenvalue weighted by molar-refractivity contribution is 7.09. The van der Waals surface area contributed by atoms with Crippen LogP contribution >= 0.6 is 46.1 Å². The van der Waals surface area contributed by atoms with Gasteiger partial charge in [-0.05, 0) is 216 Å². The molecule has 3 amide bonds. The number of thiazole rings is 1. The number of fused-ring (bicyclic) bond motifs is 3. The Hall–Kier alpha value is -9.75. The summed E-state index contributed by atoms with van der Waals surface area (Å²) in [6, 6.07) is 27.5. The number of pyridine rings is 3. The number of carbonyl (C=O) groups excluding carboxylic acids is 5. The Morgan fingerprint density at radius 2 is 0.758 bits per heavy atom. The van der Waals surface area contributed by atoms with E-state index in [9.17, 15) is 62.5 Å². The Bertz CT molecular complexity index is 5850. The number of hydrogen-bond donors (Lipinski definition) is 3. The van der Waals surface area contributed by atoms with Gasteiger partial charge in [0.25, 0.3) is 17.7 Å². The Labute approximate surface area is 740 Å². The van der Waals surface area contributed by atoms with E-state index in [1.54, 1.807) is 59.4 Å². The van der Waals surface area contributed by atoms with Gasteiger partial charge in [0.2, 0.25) is 0 Å². The Kier molecular flexibility index (Phi) is 25.6. The number of rotatable bonds is 14. The van der Waals surface area contributed by atoms with Gasteiger partial charge in [0.05, 0.1) is 43.0 Å². The predicted molar refractivity (Wildman–Crippen MR) is 477 cm³/mol. The summed E-state index contributed by atoms with van der Waals surface area (Å²) in [7, 11) is 0. The van der Waals surface area contributed by atoms with Crippen LogP contribution in [0.3, 0.4) is 0 Å². The van der Waals surface area contributed by atoms with Crippen LogP contribution in [0.15, 0.2) is 116 Å². The lowest BCUT2D eigenvalue weighted by atomic mass is 9.67. The molecule has 10 aromatic rings. The molecule has 3 saturated heterocycles. The van der Waals surface area contributed by atoms with E-state index in [4.69, 9.17) is 63.0 Å². The molecule has 10 heterocycles. The third-order valence-corrected chi connectivity index (χ3v) is 28.1. The van der Waals surface area contributed by atoms with Gasteiger partial charge in [-0.25, -0.2) is 33.5 Å². The molecule has 0 spiro atoms. The van der Waals surface area contributed by atoms with Crippen molar-refractivity contribution in [3.05, 3.63) is 174 Å². The van der Waals surface area contributed by atoms with Gasteiger partial charge in [-0.3, -0.25) is 33.6 Å². The first-order valence-electron chi connectivity index (χ1n) is 42.5. The number of ketones is 2. The smallest absolute Gasteiger partial charge is 0.355 e. The number of nitrogens with zero attached hydrogens (tertiary/aromatic N) is 7. The normalized spacial score (nSPS) is 22.2. The minimum absolute atomic E-state index is 0.0325. The van der Waals surface area contributed by atoms with Gasteiger partial charge in [-0.15, -0.1) is 11.3 Å². The number of hydrogen-bond acceptors (Lipinski definition) is 16. The number of furan rings is 3. The van der Waals surface area contributed by atoms with Gasteiger partial charge in [0, 0.05) is 128 Å². The van der Waals surface area contributed by atoms with E-state index in [0.717, 1.165) is 33.0 Å². The van der Waals surface area contributed by atoms with Crippen molar-refractivity contribution < 1.29 is 75.7 Å². The van der Waals surface area contributed by atoms with Crippen molar-refractivity contribution in [2.75, 3.05) is 19.6 Å². The van der Waals surface area contributed by atoms with Crippen LogP contribution in [0.2, 0.25) is 15.1 Å². The van der Waals surface area contributed by atoms with Crippen molar-refractivity contribution in [3.8, 4) is 33.8 Å². The molecular formula is C97H110Cl3F2N7O14S. The summed E-state index contributed by atoms with van der Waals surface area (Å²) >= 11 is 19.2. The molecule has 27 heteroatoms. The highest BCUT2D eigenvalue weighted by atomic mass is 35.5. The zero-order valence-corrected chi connectivity index (χ0v) is 76.6. The van der Waals surface area contributed by atoms with Crippen molar-refractivity contribution in [1.29, 1.82) is 0 Å². The second-order valence-corrected chi connectivity index (χ2v) is 42.1. The Morgan fingerprint density at radius 1 is 0.427 bits per heavy atom. The second kappa shape index (κ2) is 34.5. The van der Waals surface area contributed by atoms with Crippen molar-refractivity contribution in [2.45, 2.75) is 246 Å². The number of benzene rings is 3. The van der Waals surface area contributed by atoms with Crippen LogP contribution in [0.25, 0.3) is 67.1 Å². The molecule has 15 rings (SSSR count). The Balaban J connectivity index is 0.000000160. The summed E-state index contributed by atoms with van der Waals surface area (Å²) in [6.07, 6.45) is 8.01. The maximum atomic E-state index is 14.3. The van der Waals surface area contributed by atoms with Crippen LogP contribution in [0.4, 0.5) is 8.78 Å². The van der Waals surface area contributed by atoms with E-state index in [0.29, 0.717) is 170 Å². The molecule has 0 radical (unpaired) electrons. The molecule has 2 aliphatic carbocycles. The topological polar surface area (TPSA) is 298 Å². The van der Waals surface area contributed by atoms with Crippen LogP contribution in [0, 0.1) is 46.1 Å². The number of aromatic nitrogens is 4. The number of likely N-dealkylation sites (tertiary alicyclic amines) is 3. The summed E-state index contributed by atoms with van der Waals surface area (Å²) in [4.78, 5) is 127. The molecule has 0 bridgehead atoms. The number of Topliss-reactive ketones (excluding diaryl/α,β-unsaturated/α-hetero) is 2. The van der Waals surface area contributed by atoms with E-state index >= 15 is 0 Å². The largest absolute Gasteiger partial charge is 0.481 e. The molecule has 3 unspecified atom stereocenters. The third kappa shape index (κ3) is 19.2. The SMILES string of the molecule is CC(C)(C)c1cc(-c2ccc(Cl)c(F)c2)nc2cc(C(=O)N3CCC(c4nc(C(=O)O)cs4)CC3(C)C)oc12.CC1(C(=O)O)CCC(C(=O)C2CCN(C(=O)c3cc4nc(-c5ccc(Cl)c(F)c5)cc(C(C)(C)C)c4o3)C(C)(C)C2)CC1.CC1(C(=O)O)CCC(C(=O)C2CCN(C(=O)c3cc4nc(-c5ccc(Cl)cc5)cc(C(C)(C)C)c4o3)C(C)(C)C2)CC1. The fraction of sp³-hybridized carbons (Fsp3) is 0.485. The van der Waals surface area contributed by atoms with Crippen LogP contribution in [-0.4, -0.2) is 133 Å². The van der Waals surface area contributed by atoms with E-state index in [-0.39, 0.29) is 108 Å². The average molecular weight is 1770 g/mol. The second-order valence-electron chi connectivity index (χ2n) is 40.0. The Morgan fingerprint density at radius 3 is 1.06 bits per heavy atom. The summed E-state index contributed by atoms with van der Waals surface area (Å²) in [6.45, 7) is 35.4. The predicted octanol–water partition coefficient (Wildman–Crippen LogP) is 23.5. The van der Waals surface area contributed by atoms with Gasteiger partial charge in [-0.1, -0.05) is 121 Å². The number of piperidine rings is 3. The van der Waals surface area contributed by atoms with Crippen molar-refractivity contribution >= 4 is 127 Å². The van der Waals surface area contributed by atoms with Gasteiger partial charge in [-0.2, -0.15) is 0 Å². The highest BCUT2D eigenvalue weighted by Crippen LogP contribution is 2.48. The van der Waals surface area contributed by atoms with E-state index in [1.165, 1.54) is 35.6 Å². The summed E-state index contributed by atoms with van der Waals surface area (Å²) in [5.41, 5.74) is 5.93. The number of halogens is 5. The van der Waals surface area contributed by atoms with E-state index < -0.39 is 57.0 Å². The number of aromatic carboxylic acids is 1. The standard InChI is InChI=1S/C34H40ClFN2O5.C34H41ClN2O5.C29H29ClFN3O4S/c1-32(2,3)22-16-25(20-7-8-23(35)24(36)15-20)37-26-17-27(43-29(22)26)30(40)38-14-11-21(18-33(38,4)5)28(39)19-9-12-34(6,13-10-19)31(41)42;1-32(2,3)24-17-25(20-7-9-23(35)10-8-20)36-26-18-27(42-29(24)26)30(39)37-16-13-22(19-33(37,4)5)28(38)21-11-14-34(6,15-12-21)31(40)41;1-28(2,3)17-11-20(15-6-7-18(30)19(31)10-15)32-21-12-23(38-24(17)21)26(35)34-9-8-16(13-29(34,4)5)25-33-22(14-39-25)27(36)37/h7-8,15-17,19,21H,9-14,18H2,1-6H3,(H,41,42);7-10,17-18,21-22H,11-16,19H2,1-6H3,(H,40,41);6-7,10-12,14,16H,8-9,13H2,1-5H3,(H,36,37). The minimum atomic E-state index is -1.04.